The van der Waals surface area contributed by atoms with E-state index in [9.17, 15) is 4.39 Å². The third kappa shape index (κ3) is 2.32. The summed E-state index contributed by atoms with van der Waals surface area (Å²) >= 11 is 0. The molecule has 0 spiro atoms. The predicted molar refractivity (Wildman–Crippen MR) is 73.1 cm³/mol. The lowest BCUT2D eigenvalue weighted by atomic mass is 10.1. The Morgan fingerprint density at radius 3 is 2.58 bits per heavy atom. The van der Waals surface area contributed by atoms with Crippen molar-refractivity contribution in [2.24, 2.45) is 0 Å². The van der Waals surface area contributed by atoms with Crippen molar-refractivity contribution >= 4 is 5.82 Å². The number of aryl methyl sites for hydroxylation is 1. The van der Waals surface area contributed by atoms with Gasteiger partial charge in [0.15, 0.2) is 0 Å². The normalized spacial score (nSPS) is 10.4. The van der Waals surface area contributed by atoms with Gasteiger partial charge in [0.25, 0.3) is 0 Å². The largest absolute Gasteiger partial charge is 0.384 e. The fraction of sp³-hybridized carbons (Fsp3) is 0.267. The number of benzene rings is 1. The Morgan fingerprint density at radius 2 is 2.00 bits per heavy atom. The van der Waals surface area contributed by atoms with E-state index in [4.69, 9.17) is 11.0 Å². The van der Waals surface area contributed by atoms with Gasteiger partial charge in [0.05, 0.1) is 5.56 Å². The Kier molecular flexibility index (Phi) is 3.57. The smallest absolute Gasteiger partial charge is 0.126 e. The van der Waals surface area contributed by atoms with Gasteiger partial charge in [-0.15, -0.1) is 0 Å². The molecular formula is C15H16FN3. The van der Waals surface area contributed by atoms with Gasteiger partial charge in [-0.05, 0) is 37.5 Å². The van der Waals surface area contributed by atoms with Crippen LogP contribution >= 0.6 is 0 Å². The summed E-state index contributed by atoms with van der Waals surface area (Å²) in [6.07, 6.45) is 0.552. The number of hydrogen-bond donors (Lipinski definition) is 1. The van der Waals surface area contributed by atoms with Gasteiger partial charge in [0.2, 0.25) is 0 Å². The fourth-order valence-electron chi connectivity index (χ4n) is 2.25. The second-order valence-electron chi connectivity index (χ2n) is 4.58. The van der Waals surface area contributed by atoms with E-state index in [0.717, 1.165) is 11.3 Å². The topological polar surface area (TPSA) is 54.7 Å². The molecule has 0 saturated heterocycles. The molecule has 0 unspecified atom stereocenters. The summed E-state index contributed by atoms with van der Waals surface area (Å²) in [7, 11) is 0. The molecular weight excluding hydrogens is 241 g/mol. The zero-order valence-corrected chi connectivity index (χ0v) is 11.1. The molecule has 2 N–H and O–H groups in total. The fourth-order valence-corrected chi connectivity index (χ4v) is 2.25. The standard InChI is InChI=1S/C15H16FN3/c1-10-11(2)19(15(18)13(10)9-17)8-7-12-5-3-4-6-14(12)16/h3-6H,7-8,18H2,1-2H3. The van der Waals surface area contributed by atoms with Crippen LogP contribution in [-0.2, 0) is 13.0 Å². The van der Waals surface area contributed by atoms with Crippen LogP contribution in [0.2, 0.25) is 0 Å². The lowest BCUT2D eigenvalue weighted by Crippen LogP contribution is -2.08. The molecule has 0 aliphatic rings. The van der Waals surface area contributed by atoms with E-state index in [0.29, 0.717) is 29.9 Å². The summed E-state index contributed by atoms with van der Waals surface area (Å²) < 4.78 is 15.4. The Hall–Kier alpha value is -2.28. The molecule has 3 nitrogen and oxygen atoms in total. The molecule has 0 atom stereocenters. The van der Waals surface area contributed by atoms with Crippen LogP contribution < -0.4 is 5.73 Å². The summed E-state index contributed by atoms with van der Waals surface area (Å²) in [5.41, 5.74) is 9.00. The summed E-state index contributed by atoms with van der Waals surface area (Å²) in [4.78, 5) is 0. The van der Waals surface area contributed by atoms with E-state index in [2.05, 4.69) is 6.07 Å². The van der Waals surface area contributed by atoms with Crippen molar-refractivity contribution < 1.29 is 4.39 Å². The van der Waals surface area contributed by atoms with Gasteiger partial charge in [-0.3, -0.25) is 0 Å². The highest BCUT2D eigenvalue weighted by Gasteiger charge is 2.15. The van der Waals surface area contributed by atoms with Gasteiger partial charge in [0, 0.05) is 12.2 Å². The monoisotopic (exact) mass is 257 g/mol. The van der Waals surface area contributed by atoms with E-state index in [1.165, 1.54) is 6.07 Å². The van der Waals surface area contributed by atoms with Gasteiger partial charge < -0.3 is 10.3 Å². The molecule has 0 aliphatic heterocycles. The molecule has 0 bridgehead atoms. The lowest BCUT2D eigenvalue weighted by molar-refractivity contribution is 0.592. The maximum Gasteiger partial charge on any atom is 0.126 e. The van der Waals surface area contributed by atoms with Gasteiger partial charge >= 0.3 is 0 Å². The molecule has 98 valence electrons. The third-order valence-corrected chi connectivity index (χ3v) is 3.54. The minimum Gasteiger partial charge on any atom is -0.384 e. The van der Waals surface area contributed by atoms with Crippen LogP contribution in [0.1, 0.15) is 22.4 Å². The molecule has 0 radical (unpaired) electrons. The highest BCUT2D eigenvalue weighted by molar-refractivity contribution is 5.57. The lowest BCUT2D eigenvalue weighted by Gasteiger charge is -2.09. The molecule has 0 aliphatic carbocycles. The molecule has 0 saturated carbocycles. The van der Waals surface area contributed by atoms with Crippen molar-refractivity contribution in [2.45, 2.75) is 26.8 Å². The Bertz CT molecular complexity index is 650. The van der Waals surface area contributed by atoms with Crippen LogP contribution in [0.3, 0.4) is 0 Å². The van der Waals surface area contributed by atoms with E-state index >= 15 is 0 Å². The second kappa shape index (κ2) is 5.15. The number of nitrogens with two attached hydrogens (primary N) is 1. The number of hydrogen-bond acceptors (Lipinski definition) is 2. The highest BCUT2D eigenvalue weighted by Crippen LogP contribution is 2.24. The van der Waals surface area contributed by atoms with Crippen molar-refractivity contribution in [3.05, 3.63) is 52.5 Å². The summed E-state index contributed by atoms with van der Waals surface area (Å²) in [5, 5.41) is 9.06. The number of rotatable bonds is 3. The molecule has 0 amide bonds. The van der Waals surface area contributed by atoms with Crippen LogP contribution in [-0.4, -0.2) is 4.57 Å². The van der Waals surface area contributed by atoms with Gasteiger partial charge in [-0.2, -0.15) is 5.26 Å². The minimum absolute atomic E-state index is 0.205. The summed E-state index contributed by atoms with van der Waals surface area (Å²) in [5.74, 6) is 0.261. The molecule has 4 heteroatoms. The van der Waals surface area contributed by atoms with Crippen molar-refractivity contribution in [3.63, 3.8) is 0 Å². The first-order valence-electron chi connectivity index (χ1n) is 6.15. The molecule has 2 rings (SSSR count). The predicted octanol–water partition coefficient (Wildman–Crippen LogP) is 2.94. The van der Waals surface area contributed by atoms with E-state index in [1.54, 1.807) is 12.1 Å². The molecule has 0 fully saturated rings. The SMILES string of the molecule is Cc1c(C#N)c(N)n(CCc2ccccc2F)c1C. The first-order chi connectivity index (χ1) is 9.06. The molecule has 2 aromatic rings. The number of nitrogen functional groups attached to an aromatic ring is 1. The average Bonchev–Trinajstić information content (AvgIpc) is 2.60. The van der Waals surface area contributed by atoms with Crippen LogP contribution in [0.15, 0.2) is 24.3 Å². The van der Waals surface area contributed by atoms with Gasteiger partial charge in [-0.25, -0.2) is 4.39 Å². The number of aromatic nitrogens is 1. The molecule has 1 aromatic carbocycles. The second-order valence-corrected chi connectivity index (χ2v) is 4.58. The number of nitrogens with zero attached hydrogens (tertiary/aromatic N) is 2. The number of halogens is 1. The zero-order chi connectivity index (χ0) is 14.0. The highest BCUT2D eigenvalue weighted by atomic mass is 19.1. The number of anilines is 1. The summed E-state index contributed by atoms with van der Waals surface area (Å²) in [6.45, 7) is 4.37. The van der Waals surface area contributed by atoms with Crippen molar-refractivity contribution in [1.82, 2.24) is 4.57 Å². The molecule has 1 heterocycles. The van der Waals surface area contributed by atoms with Gasteiger partial charge in [0.1, 0.15) is 17.7 Å². The third-order valence-electron chi connectivity index (χ3n) is 3.54. The quantitative estimate of drug-likeness (QED) is 0.919. The van der Waals surface area contributed by atoms with E-state index in [-0.39, 0.29) is 5.82 Å². The minimum atomic E-state index is -0.205. The van der Waals surface area contributed by atoms with Crippen LogP contribution in [0.25, 0.3) is 0 Å². The first kappa shape index (κ1) is 13.2. The first-order valence-corrected chi connectivity index (χ1v) is 6.15. The molecule has 1 aromatic heterocycles. The maximum atomic E-state index is 13.6. The van der Waals surface area contributed by atoms with Crippen molar-refractivity contribution in [3.8, 4) is 6.07 Å². The van der Waals surface area contributed by atoms with E-state index in [1.807, 2.05) is 24.5 Å². The Labute approximate surface area is 112 Å². The van der Waals surface area contributed by atoms with Crippen LogP contribution in [0, 0.1) is 31.0 Å². The van der Waals surface area contributed by atoms with Gasteiger partial charge in [-0.1, -0.05) is 18.2 Å². The number of nitriles is 1. The van der Waals surface area contributed by atoms with Crippen molar-refractivity contribution in [2.75, 3.05) is 5.73 Å². The van der Waals surface area contributed by atoms with Crippen LogP contribution in [0.5, 0.6) is 0 Å². The Balaban J connectivity index is 2.27. The Morgan fingerprint density at radius 1 is 1.32 bits per heavy atom. The summed E-state index contributed by atoms with van der Waals surface area (Å²) in [6, 6.07) is 8.82. The maximum absolute atomic E-state index is 13.6. The average molecular weight is 257 g/mol. The van der Waals surface area contributed by atoms with E-state index < -0.39 is 0 Å². The van der Waals surface area contributed by atoms with Crippen LogP contribution in [0.4, 0.5) is 10.2 Å². The zero-order valence-electron chi connectivity index (χ0n) is 11.1. The van der Waals surface area contributed by atoms with Crippen molar-refractivity contribution in [1.29, 1.82) is 5.26 Å². The molecule has 19 heavy (non-hydrogen) atoms.